The molecular weight excluding hydrogens is 182 g/mol. The van der Waals surface area contributed by atoms with Crippen molar-refractivity contribution in [1.82, 2.24) is 5.32 Å². The first-order valence-electron chi connectivity index (χ1n) is 5.15. The van der Waals surface area contributed by atoms with E-state index < -0.39 is 5.60 Å². The zero-order valence-corrected chi connectivity index (χ0v) is 9.25. The van der Waals surface area contributed by atoms with E-state index in [0.717, 1.165) is 0 Å². The van der Waals surface area contributed by atoms with Gasteiger partial charge in [-0.1, -0.05) is 0 Å². The molecule has 1 heterocycles. The van der Waals surface area contributed by atoms with Gasteiger partial charge in [0, 0.05) is 32.7 Å². The lowest BCUT2D eigenvalue weighted by Crippen LogP contribution is -2.48. The van der Waals surface area contributed by atoms with Crippen LogP contribution in [0.15, 0.2) is 0 Å². The first kappa shape index (κ1) is 11.9. The molecule has 1 rings (SSSR count). The Bertz CT molecular complexity index is 177. The zero-order valence-electron chi connectivity index (χ0n) is 9.25. The summed E-state index contributed by atoms with van der Waals surface area (Å²) < 4.78 is 10.3. The van der Waals surface area contributed by atoms with Gasteiger partial charge in [-0.05, 0) is 13.8 Å². The molecule has 0 spiro atoms. The summed E-state index contributed by atoms with van der Waals surface area (Å²) in [6.07, 6.45) is 0.630. The van der Waals surface area contributed by atoms with E-state index in [4.69, 9.17) is 9.47 Å². The third-order valence-corrected chi connectivity index (χ3v) is 2.83. The van der Waals surface area contributed by atoms with Crippen LogP contribution in [0, 0.1) is 0 Å². The maximum Gasteiger partial charge on any atom is 0.105 e. The van der Waals surface area contributed by atoms with Gasteiger partial charge < -0.3 is 19.9 Å². The molecule has 0 aromatic rings. The van der Waals surface area contributed by atoms with Gasteiger partial charge in [0.2, 0.25) is 0 Å². The number of nitrogens with one attached hydrogen (secondary N) is 1. The Morgan fingerprint density at radius 1 is 1.71 bits per heavy atom. The standard InChI is InChI=1S/C10H21NO3/c1-8(6-13-3)11-7-10(12)4-5-14-9(10)2/h8-9,11-12H,4-7H2,1-3H3. The van der Waals surface area contributed by atoms with Gasteiger partial charge in [-0.15, -0.1) is 0 Å². The second-order valence-electron chi connectivity index (χ2n) is 4.10. The Hall–Kier alpha value is -0.160. The zero-order chi connectivity index (χ0) is 10.6. The van der Waals surface area contributed by atoms with E-state index in [1.807, 2.05) is 13.8 Å². The summed E-state index contributed by atoms with van der Waals surface area (Å²) in [4.78, 5) is 0. The van der Waals surface area contributed by atoms with Gasteiger partial charge >= 0.3 is 0 Å². The Balaban J connectivity index is 2.29. The first-order chi connectivity index (χ1) is 6.58. The molecular formula is C10H21NO3. The van der Waals surface area contributed by atoms with Crippen LogP contribution < -0.4 is 5.32 Å². The van der Waals surface area contributed by atoms with E-state index in [2.05, 4.69) is 5.32 Å². The predicted molar refractivity (Wildman–Crippen MR) is 54.3 cm³/mol. The summed E-state index contributed by atoms with van der Waals surface area (Å²) in [5.74, 6) is 0. The summed E-state index contributed by atoms with van der Waals surface area (Å²) in [5, 5.41) is 13.4. The lowest BCUT2D eigenvalue weighted by atomic mass is 9.96. The molecule has 4 nitrogen and oxygen atoms in total. The Morgan fingerprint density at radius 3 is 2.93 bits per heavy atom. The quantitative estimate of drug-likeness (QED) is 0.668. The molecule has 0 aromatic carbocycles. The fourth-order valence-corrected chi connectivity index (χ4v) is 1.66. The number of hydrogen-bond donors (Lipinski definition) is 2. The first-order valence-corrected chi connectivity index (χ1v) is 5.15. The largest absolute Gasteiger partial charge is 0.386 e. The maximum atomic E-state index is 10.1. The molecule has 0 aromatic heterocycles. The molecule has 4 heteroatoms. The molecule has 0 aliphatic carbocycles. The van der Waals surface area contributed by atoms with Crippen molar-refractivity contribution in [2.75, 3.05) is 26.9 Å². The number of rotatable bonds is 5. The molecule has 84 valence electrons. The van der Waals surface area contributed by atoms with Gasteiger partial charge in [0.05, 0.1) is 12.7 Å². The Morgan fingerprint density at radius 2 is 2.43 bits per heavy atom. The van der Waals surface area contributed by atoms with Crippen molar-refractivity contribution in [1.29, 1.82) is 0 Å². The molecule has 1 aliphatic heterocycles. The molecule has 1 fully saturated rings. The van der Waals surface area contributed by atoms with Crippen LogP contribution in [0.4, 0.5) is 0 Å². The van der Waals surface area contributed by atoms with Crippen LogP contribution in [0.25, 0.3) is 0 Å². The maximum absolute atomic E-state index is 10.1. The van der Waals surface area contributed by atoms with Crippen molar-refractivity contribution >= 4 is 0 Å². The summed E-state index contributed by atoms with van der Waals surface area (Å²) in [5.41, 5.74) is -0.706. The number of aliphatic hydroxyl groups is 1. The minimum absolute atomic E-state index is 0.0789. The van der Waals surface area contributed by atoms with Crippen LogP contribution in [0.1, 0.15) is 20.3 Å². The minimum atomic E-state index is -0.706. The third kappa shape index (κ3) is 2.92. The topological polar surface area (TPSA) is 50.7 Å². The molecule has 0 bridgehead atoms. The molecule has 0 saturated carbocycles. The number of hydrogen-bond acceptors (Lipinski definition) is 4. The van der Waals surface area contributed by atoms with Gasteiger partial charge in [0.15, 0.2) is 0 Å². The molecule has 0 radical (unpaired) electrons. The highest BCUT2D eigenvalue weighted by atomic mass is 16.5. The molecule has 14 heavy (non-hydrogen) atoms. The summed E-state index contributed by atoms with van der Waals surface area (Å²) >= 11 is 0. The molecule has 3 atom stereocenters. The average Bonchev–Trinajstić information content (AvgIpc) is 2.46. The van der Waals surface area contributed by atoms with Crippen molar-refractivity contribution in [3.63, 3.8) is 0 Å². The second-order valence-corrected chi connectivity index (χ2v) is 4.10. The fourth-order valence-electron chi connectivity index (χ4n) is 1.66. The van der Waals surface area contributed by atoms with Crippen LogP contribution >= 0.6 is 0 Å². The van der Waals surface area contributed by atoms with E-state index >= 15 is 0 Å². The van der Waals surface area contributed by atoms with Crippen molar-refractivity contribution in [2.45, 2.75) is 38.0 Å². The van der Waals surface area contributed by atoms with Gasteiger partial charge in [0.25, 0.3) is 0 Å². The van der Waals surface area contributed by atoms with E-state index in [-0.39, 0.29) is 12.1 Å². The normalized spacial score (nSPS) is 34.7. The molecule has 0 amide bonds. The highest BCUT2D eigenvalue weighted by Gasteiger charge is 2.39. The smallest absolute Gasteiger partial charge is 0.105 e. The third-order valence-electron chi connectivity index (χ3n) is 2.83. The fraction of sp³-hybridized carbons (Fsp3) is 1.00. The highest BCUT2D eigenvalue weighted by molar-refractivity contribution is 4.92. The van der Waals surface area contributed by atoms with E-state index in [1.165, 1.54) is 0 Å². The average molecular weight is 203 g/mol. The summed E-state index contributed by atoms with van der Waals surface area (Å²) in [6, 6.07) is 0.261. The Labute approximate surface area is 85.6 Å². The van der Waals surface area contributed by atoms with Crippen molar-refractivity contribution in [2.24, 2.45) is 0 Å². The van der Waals surface area contributed by atoms with Crippen LogP contribution in [0.5, 0.6) is 0 Å². The van der Waals surface area contributed by atoms with Gasteiger partial charge in [0.1, 0.15) is 5.60 Å². The van der Waals surface area contributed by atoms with E-state index in [9.17, 15) is 5.11 Å². The second kappa shape index (κ2) is 5.07. The SMILES string of the molecule is COCC(C)NCC1(O)CCOC1C. The van der Waals surface area contributed by atoms with E-state index in [0.29, 0.717) is 26.2 Å². The lowest BCUT2D eigenvalue weighted by molar-refractivity contribution is -0.0286. The van der Waals surface area contributed by atoms with Crippen LogP contribution in [0.3, 0.4) is 0 Å². The van der Waals surface area contributed by atoms with Crippen molar-refractivity contribution < 1.29 is 14.6 Å². The van der Waals surface area contributed by atoms with Crippen LogP contribution in [-0.2, 0) is 9.47 Å². The van der Waals surface area contributed by atoms with E-state index in [1.54, 1.807) is 7.11 Å². The summed E-state index contributed by atoms with van der Waals surface area (Å²) in [7, 11) is 1.67. The van der Waals surface area contributed by atoms with Crippen molar-refractivity contribution in [3.8, 4) is 0 Å². The molecule has 1 aliphatic rings. The Kier molecular flexibility index (Phi) is 4.31. The van der Waals surface area contributed by atoms with Gasteiger partial charge in [-0.2, -0.15) is 0 Å². The molecule has 3 unspecified atom stereocenters. The predicted octanol–water partition coefficient (Wildman–Crippen LogP) is 0.151. The van der Waals surface area contributed by atoms with Gasteiger partial charge in [-0.3, -0.25) is 0 Å². The monoisotopic (exact) mass is 203 g/mol. The highest BCUT2D eigenvalue weighted by Crippen LogP contribution is 2.24. The van der Waals surface area contributed by atoms with Gasteiger partial charge in [-0.25, -0.2) is 0 Å². The number of ether oxygens (including phenoxy) is 2. The van der Waals surface area contributed by atoms with Crippen LogP contribution in [0.2, 0.25) is 0 Å². The van der Waals surface area contributed by atoms with Crippen molar-refractivity contribution in [3.05, 3.63) is 0 Å². The van der Waals surface area contributed by atoms with Crippen LogP contribution in [-0.4, -0.2) is 49.7 Å². The lowest BCUT2D eigenvalue weighted by Gasteiger charge is -2.28. The minimum Gasteiger partial charge on any atom is -0.386 e. The molecule has 1 saturated heterocycles. The summed E-state index contributed by atoms with van der Waals surface area (Å²) in [6.45, 7) is 5.82. The molecule has 2 N–H and O–H groups in total. The number of methoxy groups -OCH3 is 1.